The molecule has 0 atom stereocenters. The van der Waals surface area contributed by atoms with Gasteiger partial charge in [-0.1, -0.05) is 11.6 Å². The molecule has 1 aromatic heterocycles. The molecule has 1 N–H and O–H groups in total. The lowest BCUT2D eigenvalue weighted by molar-refractivity contribution is 0.414. The second kappa shape index (κ2) is 5.38. The highest BCUT2D eigenvalue weighted by molar-refractivity contribution is 7.15. The van der Waals surface area contributed by atoms with Crippen molar-refractivity contribution in [1.82, 2.24) is 4.98 Å². The van der Waals surface area contributed by atoms with Crippen LogP contribution in [-0.2, 0) is 6.54 Å². The Kier molecular flexibility index (Phi) is 3.86. The molecule has 0 aliphatic carbocycles. The predicted molar refractivity (Wildman–Crippen MR) is 72.2 cm³/mol. The number of anilines is 1. The fourth-order valence-corrected chi connectivity index (χ4v) is 2.40. The lowest BCUT2D eigenvalue weighted by atomic mass is 10.2. The molecule has 2 aromatic rings. The molecule has 0 saturated carbocycles. The smallest absolute Gasteiger partial charge is 0.119 e. The Morgan fingerprint density at radius 1 is 1.47 bits per heavy atom. The maximum atomic E-state index is 5.82. The normalized spacial score (nSPS) is 10.3. The highest BCUT2D eigenvalue weighted by Crippen LogP contribution is 2.23. The summed E-state index contributed by atoms with van der Waals surface area (Å²) in [6.45, 7) is 2.73. The first-order valence-electron chi connectivity index (χ1n) is 5.18. The average molecular weight is 269 g/mol. The summed E-state index contributed by atoms with van der Waals surface area (Å²) in [5.74, 6) is 0.866. The van der Waals surface area contributed by atoms with Gasteiger partial charge in [0.15, 0.2) is 0 Å². The van der Waals surface area contributed by atoms with Gasteiger partial charge in [0.2, 0.25) is 0 Å². The van der Waals surface area contributed by atoms with Crippen LogP contribution in [0.15, 0.2) is 24.4 Å². The van der Waals surface area contributed by atoms with Gasteiger partial charge in [-0.15, -0.1) is 11.3 Å². The molecule has 90 valence electrons. The predicted octanol–water partition coefficient (Wildman–Crippen LogP) is 3.73. The Labute approximate surface area is 109 Å². The van der Waals surface area contributed by atoms with E-state index in [1.165, 1.54) is 11.3 Å². The highest BCUT2D eigenvalue weighted by atomic mass is 35.5. The molecule has 17 heavy (non-hydrogen) atoms. The fourth-order valence-electron chi connectivity index (χ4n) is 1.50. The van der Waals surface area contributed by atoms with Crippen LogP contribution in [0.4, 0.5) is 5.69 Å². The SMILES string of the molecule is COc1ccc(NCc2ncc(Cl)s2)c(C)c1. The molecule has 0 saturated heterocycles. The summed E-state index contributed by atoms with van der Waals surface area (Å²) in [4.78, 5) is 4.19. The van der Waals surface area contributed by atoms with E-state index >= 15 is 0 Å². The summed E-state index contributed by atoms with van der Waals surface area (Å²) in [5.41, 5.74) is 2.23. The van der Waals surface area contributed by atoms with Crippen LogP contribution in [0, 0.1) is 6.92 Å². The molecule has 0 radical (unpaired) electrons. The maximum Gasteiger partial charge on any atom is 0.119 e. The van der Waals surface area contributed by atoms with Crippen molar-refractivity contribution in [3.63, 3.8) is 0 Å². The summed E-state index contributed by atoms with van der Waals surface area (Å²) in [6, 6.07) is 5.94. The summed E-state index contributed by atoms with van der Waals surface area (Å²) in [5, 5.41) is 4.30. The Hall–Kier alpha value is -1.26. The molecule has 5 heteroatoms. The van der Waals surface area contributed by atoms with E-state index in [2.05, 4.69) is 10.3 Å². The molecule has 0 amide bonds. The summed E-state index contributed by atoms with van der Waals surface area (Å²) < 4.78 is 5.88. The first-order valence-corrected chi connectivity index (χ1v) is 6.37. The number of ether oxygens (including phenoxy) is 1. The quantitative estimate of drug-likeness (QED) is 0.918. The molecular formula is C12H13ClN2OS. The van der Waals surface area contributed by atoms with Crippen LogP contribution >= 0.6 is 22.9 Å². The Bertz CT molecular complexity index is 513. The van der Waals surface area contributed by atoms with Crippen molar-refractivity contribution in [3.05, 3.63) is 39.3 Å². The molecule has 0 bridgehead atoms. The summed E-state index contributed by atoms with van der Waals surface area (Å²) in [7, 11) is 1.67. The monoisotopic (exact) mass is 268 g/mol. The van der Waals surface area contributed by atoms with E-state index in [0.29, 0.717) is 10.9 Å². The van der Waals surface area contributed by atoms with Gasteiger partial charge in [-0.05, 0) is 30.7 Å². The summed E-state index contributed by atoms with van der Waals surface area (Å²) in [6.07, 6.45) is 1.67. The largest absolute Gasteiger partial charge is 0.497 e. The van der Waals surface area contributed by atoms with E-state index in [1.807, 2.05) is 25.1 Å². The third-order valence-corrected chi connectivity index (χ3v) is 3.50. The van der Waals surface area contributed by atoms with Gasteiger partial charge in [0.1, 0.15) is 15.1 Å². The Morgan fingerprint density at radius 3 is 2.88 bits per heavy atom. The topological polar surface area (TPSA) is 34.1 Å². The van der Waals surface area contributed by atoms with Crippen molar-refractivity contribution < 1.29 is 4.74 Å². The second-order valence-corrected chi connectivity index (χ2v) is 5.34. The standard InChI is InChI=1S/C12H13ClN2OS/c1-8-5-9(16-2)3-4-10(8)14-7-12-15-6-11(13)17-12/h3-6,14H,7H2,1-2H3. The number of methoxy groups -OCH3 is 1. The number of thiazole rings is 1. The molecule has 3 nitrogen and oxygen atoms in total. The number of aromatic nitrogens is 1. The van der Waals surface area contributed by atoms with Gasteiger partial charge in [0, 0.05) is 5.69 Å². The van der Waals surface area contributed by atoms with Crippen molar-refractivity contribution in [3.8, 4) is 5.75 Å². The molecular weight excluding hydrogens is 256 g/mol. The molecule has 1 aromatic carbocycles. The van der Waals surface area contributed by atoms with E-state index in [-0.39, 0.29) is 0 Å². The number of hydrogen-bond donors (Lipinski definition) is 1. The molecule has 0 aliphatic heterocycles. The van der Waals surface area contributed by atoms with Crippen molar-refractivity contribution in [2.75, 3.05) is 12.4 Å². The van der Waals surface area contributed by atoms with E-state index in [1.54, 1.807) is 13.3 Å². The van der Waals surface area contributed by atoms with Crippen LogP contribution in [0.25, 0.3) is 0 Å². The van der Waals surface area contributed by atoms with Crippen LogP contribution in [-0.4, -0.2) is 12.1 Å². The lowest BCUT2D eigenvalue weighted by Crippen LogP contribution is -2.00. The number of nitrogens with zero attached hydrogens (tertiary/aromatic N) is 1. The van der Waals surface area contributed by atoms with Crippen molar-refractivity contribution in [2.24, 2.45) is 0 Å². The average Bonchev–Trinajstić information content (AvgIpc) is 2.73. The van der Waals surface area contributed by atoms with Crippen molar-refractivity contribution >= 4 is 28.6 Å². The molecule has 0 aliphatic rings. The zero-order valence-electron chi connectivity index (χ0n) is 9.66. The minimum Gasteiger partial charge on any atom is -0.497 e. The van der Waals surface area contributed by atoms with Gasteiger partial charge in [-0.25, -0.2) is 4.98 Å². The summed E-state index contributed by atoms with van der Waals surface area (Å²) >= 11 is 7.31. The van der Waals surface area contributed by atoms with Crippen LogP contribution < -0.4 is 10.1 Å². The number of rotatable bonds is 4. The highest BCUT2D eigenvalue weighted by Gasteiger charge is 2.02. The number of aryl methyl sites for hydroxylation is 1. The molecule has 0 fully saturated rings. The van der Waals surface area contributed by atoms with E-state index < -0.39 is 0 Å². The van der Waals surface area contributed by atoms with Crippen LogP contribution in [0.5, 0.6) is 5.75 Å². The van der Waals surface area contributed by atoms with Crippen LogP contribution in [0.1, 0.15) is 10.6 Å². The third kappa shape index (κ3) is 3.11. The number of halogens is 1. The Morgan fingerprint density at radius 2 is 2.29 bits per heavy atom. The van der Waals surface area contributed by atoms with Crippen LogP contribution in [0.3, 0.4) is 0 Å². The maximum absolute atomic E-state index is 5.82. The number of nitrogens with one attached hydrogen (secondary N) is 1. The zero-order chi connectivity index (χ0) is 12.3. The van der Waals surface area contributed by atoms with E-state index in [4.69, 9.17) is 16.3 Å². The lowest BCUT2D eigenvalue weighted by Gasteiger charge is -2.09. The van der Waals surface area contributed by atoms with Gasteiger partial charge < -0.3 is 10.1 Å². The molecule has 0 spiro atoms. The first-order chi connectivity index (χ1) is 8.19. The fraction of sp³-hybridized carbons (Fsp3) is 0.250. The van der Waals surface area contributed by atoms with Gasteiger partial charge in [0.25, 0.3) is 0 Å². The second-order valence-electron chi connectivity index (χ2n) is 3.59. The Balaban J connectivity index is 2.04. The zero-order valence-corrected chi connectivity index (χ0v) is 11.2. The molecule has 1 heterocycles. The molecule has 0 unspecified atom stereocenters. The molecule has 2 rings (SSSR count). The van der Waals surface area contributed by atoms with E-state index in [0.717, 1.165) is 22.0 Å². The van der Waals surface area contributed by atoms with Crippen molar-refractivity contribution in [1.29, 1.82) is 0 Å². The van der Waals surface area contributed by atoms with Crippen LogP contribution in [0.2, 0.25) is 4.34 Å². The van der Waals surface area contributed by atoms with Gasteiger partial charge >= 0.3 is 0 Å². The minimum absolute atomic E-state index is 0.685. The third-order valence-electron chi connectivity index (χ3n) is 2.39. The number of hydrogen-bond acceptors (Lipinski definition) is 4. The van der Waals surface area contributed by atoms with Gasteiger partial charge in [-0.2, -0.15) is 0 Å². The minimum atomic E-state index is 0.685. The van der Waals surface area contributed by atoms with E-state index in [9.17, 15) is 0 Å². The first kappa shape index (κ1) is 12.2. The van der Waals surface area contributed by atoms with Gasteiger partial charge in [-0.3, -0.25) is 0 Å². The number of benzene rings is 1. The van der Waals surface area contributed by atoms with Crippen molar-refractivity contribution in [2.45, 2.75) is 13.5 Å². The van der Waals surface area contributed by atoms with Gasteiger partial charge in [0.05, 0.1) is 19.9 Å².